The van der Waals surface area contributed by atoms with Gasteiger partial charge in [-0.15, -0.1) is 0 Å². The van der Waals surface area contributed by atoms with Gasteiger partial charge >= 0.3 is 6.03 Å². The van der Waals surface area contributed by atoms with Crippen LogP contribution in [0.3, 0.4) is 0 Å². The molecule has 3 atom stereocenters. The van der Waals surface area contributed by atoms with Crippen molar-refractivity contribution in [2.45, 2.75) is 50.3 Å². The zero-order valence-corrected chi connectivity index (χ0v) is 11.9. The normalized spacial score (nSPS) is 35.7. The first-order valence-electron chi connectivity index (χ1n) is 6.91. The molecule has 18 heavy (non-hydrogen) atoms. The van der Waals surface area contributed by atoms with Gasteiger partial charge in [-0.1, -0.05) is 13.3 Å². The number of carbonyl (C=O) groups is 1. The second-order valence-electron chi connectivity index (χ2n) is 5.75. The summed E-state index contributed by atoms with van der Waals surface area (Å²) in [7, 11) is 0. The van der Waals surface area contributed by atoms with Crippen LogP contribution >= 0.6 is 11.8 Å². The molecule has 2 aliphatic rings. The first-order chi connectivity index (χ1) is 8.64. The fraction of sp³-hybridized carbons (Fsp3) is 0.923. The fourth-order valence-electron chi connectivity index (χ4n) is 2.89. The maximum Gasteiger partial charge on any atom is 0.315 e. The molecule has 2 rings (SSSR count). The van der Waals surface area contributed by atoms with Crippen LogP contribution in [0.25, 0.3) is 0 Å². The van der Waals surface area contributed by atoms with Crippen molar-refractivity contribution in [3.63, 3.8) is 0 Å². The molecule has 2 amide bonds. The summed E-state index contributed by atoms with van der Waals surface area (Å²) >= 11 is 1.95. The van der Waals surface area contributed by atoms with Gasteiger partial charge in [-0.25, -0.2) is 4.79 Å². The monoisotopic (exact) mass is 272 g/mol. The van der Waals surface area contributed by atoms with E-state index in [4.69, 9.17) is 0 Å². The lowest BCUT2D eigenvalue weighted by Crippen LogP contribution is -2.49. The molecular formula is C13H24N2O2S. The highest BCUT2D eigenvalue weighted by atomic mass is 32.2. The number of rotatable bonds is 4. The molecule has 0 spiro atoms. The number of amides is 2. The number of nitrogens with one attached hydrogen (secondary N) is 2. The van der Waals surface area contributed by atoms with Crippen LogP contribution in [0.2, 0.25) is 0 Å². The highest BCUT2D eigenvalue weighted by molar-refractivity contribution is 8.00. The summed E-state index contributed by atoms with van der Waals surface area (Å²) in [4.78, 5) is 11.8. The van der Waals surface area contributed by atoms with Crippen LogP contribution < -0.4 is 10.6 Å². The van der Waals surface area contributed by atoms with Crippen molar-refractivity contribution in [1.82, 2.24) is 10.6 Å². The lowest BCUT2D eigenvalue weighted by atomic mass is 9.86. The SMILES string of the molecule is CC1(CO)CCCC1NC(=O)NCC1CCCS1. The average Bonchev–Trinajstić information content (AvgIpc) is 2.98. The zero-order chi connectivity index (χ0) is 13.0. The first kappa shape index (κ1) is 14.0. The summed E-state index contributed by atoms with van der Waals surface area (Å²) in [5, 5.41) is 16.0. The molecule has 1 saturated heterocycles. The van der Waals surface area contributed by atoms with Crippen LogP contribution in [0.1, 0.15) is 39.0 Å². The molecule has 1 saturated carbocycles. The average molecular weight is 272 g/mol. The molecule has 5 heteroatoms. The van der Waals surface area contributed by atoms with Gasteiger partial charge in [0.15, 0.2) is 0 Å². The molecule has 1 aliphatic carbocycles. The topological polar surface area (TPSA) is 61.4 Å². The van der Waals surface area contributed by atoms with E-state index in [1.54, 1.807) is 0 Å². The predicted octanol–water partition coefficient (Wildman–Crippen LogP) is 1.73. The van der Waals surface area contributed by atoms with Gasteiger partial charge in [0.2, 0.25) is 0 Å². The summed E-state index contributed by atoms with van der Waals surface area (Å²) in [6.07, 6.45) is 5.53. The van der Waals surface area contributed by atoms with E-state index in [0.29, 0.717) is 5.25 Å². The van der Waals surface area contributed by atoms with Crippen LogP contribution in [-0.2, 0) is 0 Å². The minimum atomic E-state index is -0.139. The van der Waals surface area contributed by atoms with Crippen LogP contribution in [0.5, 0.6) is 0 Å². The number of aliphatic hydroxyl groups excluding tert-OH is 1. The molecule has 3 N–H and O–H groups in total. The number of aliphatic hydroxyl groups is 1. The molecule has 1 aliphatic heterocycles. The Balaban J connectivity index is 1.73. The van der Waals surface area contributed by atoms with Gasteiger partial charge in [0.25, 0.3) is 0 Å². The van der Waals surface area contributed by atoms with Crippen molar-refractivity contribution in [2.75, 3.05) is 18.9 Å². The molecule has 4 nitrogen and oxygen atoms in total. The Morgan fingerprint density at radius 2 is 2.28 bits per heavy atom. The highest BCUT2D eigenvalue weighted by Crippen LogP contribution is 2.37. The van der Waals surface area contributed by atoms with Crippen molar-refractivity contribution in [2.24, 2.45) is 5.41 Å². The number of thioether (sulfide) groups is 1. The largest absolute Gasteiger partial charge is 0.396 e. The summed E-state index contributed by atoms with van der Waals surface area (Å²) in [6.45, 7) is 2.97. The van der Waals surface area contributed by atoms with Crippen LogP contribution in [0.4, 0.5) is 4.79 Å². The van der Waals surface area contributed by atoms with Crippen LogP contribution in [0, 0.1) is 5.41 Å². The van der Waals surface area contributed by atoms with E-state index in [0.717, 1.165) is 25.8 Å². The van der Waals surface area contributed by atoms with Gasteiger partial charge in [0.1, 0.15) is 0 Å². The van der Waals surface area contributed by atoms with E-state index in [-0.39, 0.29) is 24.1 Å². The molecule has 0 radical (unpaired) electrons. The molecule has 104 valence electrons. The molecule has 3 unspecified atom stereocenters. The number of hydrogen-bond acceptors (Lipinski definition) is 3. The molecular weight excluding hydrogens is 248 g/mol. The Hall–Kier alpha value is -0.420. The second kappa shape index (κ2) is 6.15. The third kappa shape index (κ3) is 3.32. The molecule has 0 aromatic carbocycles. The van der Waals surface area contributed by atoms with E-state index < -0.39 is 0 Å². The van der Waals surface area contributed by atoms with Crippen LogP contribution in [0.15, 0.2) is 0 Å². The Morgan fingerprint density at radius 1 is 1.44 bits per heavy atom. The Bertz CT molecular complexity index is 295. The maximum atomic E-state index is 11.8. The van der Waals surface area contributed by atoms with Crippen molar-refractivity contribution in [3.8, 4) is 0 Å². The van der Waals surface area contributed by atoms with Gasteiger partial charge in [-0.2, -0.15) is 11.8 Å². The van der Waals surface area contributed by atoms with Gasteiger partial charge in [-0.05, 0) is 31.4 Å². The minimum absolute atomic E-state index is 0.0749. The Kier molecular flexibility index (Phi) is 4.78. The van der Waals surface area contributed by atoms with E-state index in [1.807, 2.05) is 11.8 Å². The zero-order valence-electron chi connectivity index (χ0n) is 11.1. The van der Waals surface area contributed by atoms with Crippen molar-refractivity contribution in [3.05, 3.63) is 0 Å². The van der Waals surface area contributed by atoms with E-state index in [1.165, 1.54) is 18.6 Å². The number of hydrogen-bond donors (Lipinski definition) is 3. The lowest BCUT2D eigenvalue weighted by molar-refractivity contribution is 0.121. The van der Waals surface area contributed by atoms with E-state index in [2.05, 4.69) is 17.6 Å². The Labute approximate surface area is 113 Å². The smallest absolute Gasteiger partial charge is 0.315 e. The standard InChI is InChI=1S/C13H24N2O2S/c1-13(9-16)6-2-5-11(13)15-12(17)14-8-10-4-3-7-18-10/h10-11,16H,2-9H2,1H3,(H2,14,15,17). The van der Waals surface area contributed by atoms with Gasteiger partial charge < -0.3 is 15.7 Å². The highest BCUT2D eigenvalue weighted by Gasteiger charge is 2.39. The number of carbonyl (C=O) groups excluding carboxylic acids is 1. The third-order valence-corrected chi connectivity index (χ3v) is 5.66. The molecule has 0 aromatic rings. The van der Waals surface area contributed by atoms with Gasteiger partial charge in [0, 0.05) is 23.3 Å². The van der Waals surface area contributed by atoms with Crippen molar-refractivity contribution in [1.29, 1.82) is 0 Å². The summed E-state index contributed by atoms with van der Waals surface area (Å²) in [5.41, 5.74) is -0.139. The number of urea groups is 1. The van der Waals surface area contributed by atoms with Crippen LogP contribution in [-0.4, -0.2) is 41.3 Å². The summed E-state index contributed by atoms with van der Waals surface area (Å²) in [5.74, 6) is 1.22. The lowest BCUT2D eigenvalue weighted by Gasteiger charge is -2.30. The fourth-order valence-corrected chi connectivity index (χ4v) is 4.09. The van der Waals surface area contributed by atoms with Crippen molar-refractivity contribution < 1.29 is 9.90 Å². The predicted molar refractivity (Wildman–Crippen MR) is 74.8 cm³/mol. The maximum absolute atomic E-state index is 11.8. The minimum Gasteiger partial charge on any atom is -0.396 e. The quantitative estimate of drug-likeness (QED) is 0.730. The van der Waals surface area contributed by atoms with E-state index in [9.17, 15) is 9.90 Å². The first-order valence-corrected chi connectivity index (χ1v) is 7.96. The van der Waals surface area contributed by atoms with E-state index >= 15 is 0 Å². The Morgan fingerprint density at radius 3 is 2.94 bits per heavy atom. The summed E-state index contributed by atoms with van der Waals surface area (Å²) in [6, 6.07) is 0.0350. The molecule has 0 aromatic heterocycles. The second-order valence-corrected chi connectivity index (χ2v) is 7.15. The molecule has 1 heterocycles. The molecule has 2 fully saturated rings. The van der Waals surface area contributed by atoms with Gasteiger partial charge in [-0.3, -0.25) is 0 Å². The summed E-state index contributed by atoms with van der Waals surface area (Å²) < 4.78 is 0. The third-order valence-electron chi connectivity index (χ3n) is 4.26. The van der Waals surface area contributed by atoms with Crippen molar-refractivity contribution >= 4 is 17.8 Å². The molecule has 0 bridgehead atoms. The van der Waals surface area contributed by atoms with Gasteiger partial charge in [0.05, 0.1) is 6.61 Å².